The first-order valence-electron chi connectivity index (χ1n) is 9.07. The van der Waals surface area contributed by atoms with Gasteiger partial charge in [-0.15, -0.1) is 0 Å². The highest BCUT2D eigenvalue weighted by molar-refractivity contribution is 5.84. The van der Waals surface area contributed by atoms with Crippen LogP contribution in [0.5, 0.6) is 0 Å². The minimum Gasteiger partial charge on any atom is -0.355 e. The SMILES string of the molecule is CC(=O)NCC(=O)NCCCCCC(NC(=O)CNC(C)=O)C(C)(C)C. The molecule has 26 heavy (non-hydrogen) atoms. The van der Waals surface area contributed by atoms with Gasteiger partial charge in [0.05, 0.1) is 13.1 Å². The molecule has 0 radical (unpaired) electrons. The molecule has 150 valence electrons. The Morgan fingerprint density at radius 2 is 1.31 bits per heavy atom. The van der Waals surface area contributed by atoms with Crippen LogP contribution in [0.3, 0.4) is 0 Å². The Hall–Kier alpha value is -2.12. The van der Waals surface area contributed by atoms with Gasteiger partial charge in [0.25, 0.3) is 0 Å². The second-order valence-corrected chi connectivity index (χ2v) is 7.50. The third-order valence-electron chi connectivity index (χ3n) is 3.87. The number of amides is 4. The number of rotatable bonds is 11. The van der Waals surface area contributed by atoms with Crippen LogP contribution >= 0.6 is 0 Å². The fourth-order valence-corrected chi connectivity index (χ4v) is 2.32. The van der Waals surface area contributed by atoms with E-state index in [-0.39, 0.29) is 48.2 Å². The molecule has 0 aliphatic heterocycles. The predicted octanol–water partition coefficient (Wildman–Crippen LogP) is 0.466. The molecular formula is C18H34N4O4. The predicted molar refractivity (Wildman–Crippen MR) is 100 cm³/mol. The lowest BCUT2D eigenvalue weighted by molar-refractivity contribution is -0.125. The van der Waals surface area contributed by atoms with Gasteiger partial charge in [0.2, 0.25) is 23.6 Å². The van der Waals surface area contributed by atoms with Crippen molar-refractivity contribution in [3.63, 3.8) is 0 Å². The first-order valence-corrected chi connectivity index (χ1v) is 9.07. The Kier molecular flexibility index (Phi) is 11.3. The number of unbranched alkanes of at least 4 members (excludes halogenated alkanes) is 2. The van der Waals surface area contributed by atoms with E-state index in [1.165, 1.54) is 13.8 Å². The van der Waals surface area contributed by atoms with Gasteiger partial charge in [-0.25, -0.2) is 0 Å². The average molecular weight is 370 g/mol. The summed E-state index contributed by atoms with van der Waals surface area (Å²) in [6.45, 7) is 9.50. The van der Waals surface area contributed by atoms with Gasteiger partial charge >= 0.3 is 0 Å². The average Bonchev–Trinajstić information content (AvgIpc) is 2.51. The van der Waals surface area contributed by atoms with E-state index in [1.54, 1.807) is 0 Å². The van der Waals surface area contributed by atoms with Crippen LogP contribution in [0, 0.1) is 5.41 Å². The maximum Gasteiger partial charge on any atom is 0.239 e. The zero-order chi connectivity index (χ0) is 20.2. The highest BCUT2D eigenvalue weighted by Crippen LogP contribution is 2.23. The van der Waals surface area contributed by atoms with Gasteiger partial charge in [-0.3, -0.25) is 19.2 Å². The number of carbonyl (C=O) groups excluding carboxylic acids is 4. The summed E-state index contributed by atoms with van der Waals surface area (Å²) in [5.74, 6) is -0.842. The summed E-state index contributed by atoms with van der Waals surface area (Å²) in [7, 11) is 0. The summed E-state index contributed by atoms with van der Waals surface area (Å²) in [6.07, 6.45) is 3.51. The zero-order valence-electron chi connectivity index (χ0n) is 16.7. The Morgan fingerprint density at radius 3 is 1.81 bits per heavy atom. The fourth-order valence-electron chi connectivity index (χ4n) is 2.32. The quantitative estimate of drug-likeness (QED) is 0.396. The normalized spacial score (nSPS) is 12.0. The monoisotopic (exact) mass is 370 g/mol. The summed E-state index contributed by atoms with van der Waals surface area (Å²) in [5, 5.41) is 10.7. The van der Waals surface area contributed by atoms with Gasteiger partial charge in [0.15, 0.2) is 0 Å². The first-order chi connectivity index (χ1) is 12.0. The number of carbonyl (C=O) groups is 4. The van der Waals surface area contributed by atoms with E-state index in [0.717, 1.165) is 25.7 Å². The molecule has 4 N–H and O–H groups in total. The van der Waals surface area contributed by atoms with Crippen LogP contribution in [0.1, 0.15) is 60.3 Å². The van der Waals surface area contributed by atoms with Crippen molar-refractivity contribution < 1.29 is 19.2 Å². The van der Waals surface area contributed by atoms with Gasteiger partial charge in [-0.1, -0.05) is 33.6 Å². The van der Waals surface area contributed by atoms with Crippen LogP contribution in [0.4, 0.5) is 0 Å². The van der Waals surface area contributed by atoms with Crippen molar-refractivity contribution in [2.45, 2.75) is 66.3 Å². The highest BCUT2D eigenvalue weighted by Gasteiger charge is 2.25. The summed E-state index contributed by atoms with van der Waals surface area (Å²) in [6, 6.07) is 0.0121. The fraction of sp³-hybridized carbons (Fsp3) is 0.778. The van der Waals surface area contributed by atoms with Gasteiger partial charge in [0.1, 0.15) is 0 Å². The minimum atomic E-state index is -0.229. The Balaban J connectivity index is 4.05. The maximum absolute atomic E-state index is 11.9. The molecule has 0 saturated carbocycles. The van der Waals surface area contributed by atoms with Gasteiger partial charge in [-0.05, 0) is 18.3 Å². The third-order valence-corrected chi connectivity index (χ3v) is 3.87. The van der Waals surface area contributed by atoms with Gasteiger partial charge in [0, 0.05) is 26.4 Å². The molecule has 0 fully saturated rings. The zero-order valence-corrected chi connectivity index (χ0v) is 16.7. The minimum absolute atomic E-state index is 0.00175. The van der Waals surface area contributed by atoms with Gasteiger partial charge < -0.3 is 21.3 Å². The van der Waals surface area contributed by atoms with E-state index in [9.17, 15) is 19.2 Å². The van der Waals surface area contributed by atoms with Crippen LogP contribution < -0.4 is 21.3 Å². The van der Waals surface area contributed by atoms with Gasteiger partial charge in [-0.2, -0.15) is 0 Å². The molecule has 0 spiro atoms. The van der Waals surface area contributed by atoms with E-state index in [0.29, 0.717) is 6.54 Å². The molecule has 8 nitrogen and oxygen atoms in total. The van der Waals surface area contributed by atoms with Crippen molar-refractivity contribution >= 4 is 23.6 Å². The first kappa shape index (κ1) is 23.9. The van der Waals surface area contributed by atoms with Crippen molar-refractivity contribution in [3.05, 3.63) is 0 Å². The molecular weight excluding hydrogens is 336 g/mol. The second-order valence-electron chi connectivity index (χ2n) is 7.50. The molecule has 8 heteroatoms. The molecule has 0 heterocycles. The summed E-state index contributed by atoms with van der Waals surface area (Å²) >= 11 is 0. The molecule has 0 saturated heterocycles. The Bertz CT molecular complexity index is 486. The molecule has 0 aromatic carbocycles. The molecule has 0 rings (SSSR count). The van der Waals surface area contributed by atoms with E-state index >= 15 is 0 Å². The van der Waals surface area contributed by atoms with Crippen LogP contribution in [0.15, 0.2) is 0 Å². The van der Waals surface area contributed by atoms with Crippen LogP contribution in [0.25, 0.3) is 0 Å². The van der Waals surface area contributed by atoms with Crippen molar-refractivity contribution in [1.29, 1.82) is 0 Å². The lowest BCUT2D eigenvalue weighted by Crippen LogP contribution is -2.47. The summed E-state index contributed by atoms with van der Waals surface area (Å²) in [5.41, 5.74) is -0.0849. The standard InChI is InChI=1S/C18H34N4O4/c1-13(23)20-11-16(25)19-10-8-6-7-9-15(18(3,4)5)22-17(26)12-21-14(2)24/h15H,6-12H2,1-5H3,(H,19,25)(H,20,23)(H,21,24)(H,22,26). The number of hydrogen-bond donors (Lipinski definition) is 4. The molecule has 1 atom stereocenters. The number of nitrogens with one attached hydrogen (secondary N) is 4. The largest absolute Gasteiger partial charge is 0.355 e. The molecule has 0 aliphatic rings. The molecule has 0 aromatic rings. The molecule has 0 aromatic heterocycles. The topological polar surface area (TPSA) is 116 Å². The Morgan fingerprint density at radius 1 is 0.769 bits per heavy atom. The maximum atomic E-state index is 11.9. The lowest BCUT2D eigenvalue weighted by Gasteiger charge is -2.31. The molecule has 0 bridgehead atoms. The Labute approximate surface area is 156 Å². The van der Waals surface area contributed by atoms with Crippen molar-refractivity contribution in [1.82, 2.24) is 21.3 Å². The van der Waals surface area contributed by atoms with E-state index in [4.69, 9.17) is 0 Å². The molecule has 4 amide bonds. The van der Waals surface area contributed by atoms with Crippen molar-refractivity contribution in [3.8, 4) is 0 Å². The van der Waals surface area contributed by atoms with Crippen LogP contribution in [0.2, 0.25) is 0 Å². The lowest BCUT2D eigenvalue weighted by atomic mass is 9.83. The van der Waals surface area contributed by atoms with E-state index in [1.807, 2.05) is 0 Å². The van der Waals surface area contributed by atoms with Crippen molar-refractivity contribution in [2.75, 3.05) is 19.6 Å². The smallest absolute Gasteiger partial charge is 0.239 e. The van der Waals surface area contributed by atoms with E-state index < -0.39 is 0 Å². The highest BCUT2D eigenvalue weighted by atomic mass is 16.2. The van der Waals surface area contributed by atoms with Crippen LogP contribution in [-0.4, -0.2) is 49.3 Å². The van der Waals surface area contributed by atoms with Crippen molar-refractivity contribution in [2.24, 2.45) is 5.41 Å². The summed E-state index contributed by atoms with van der Waals surface area (Å²) in [4.78, 5) is 45.0. The third kappa shape index (κ3) is 13.2. The summed E-state index contributed by atoms with van der Waals surface area (Å²) < 4.78 is 0. The molecule has 1 unspecified atom stereocenters. The van der Waals surface area contributed by atoms with Crippen LogP contribution in [-0.2, 0) is 19.2 Å². The number of hydrogen-bond acceptors (Lipinski definition) is 4. The second kappa shape index (κ2) is 12.3. The van der Waals surface area contributed by atoms with E-state index in [2.05, 4.69) is 42.0 Å². The molecule has 0 aliphatic carbocycles.